The van der Waals surface area contributed by atoms with Crippen molar-refractivity contribution < 1.29 is 30.9 Å². The van der Waals surface area contributed by atoms with E-state index >= 15 is 0 Å². The van der Waals surface area contributed by atoms with Crippen LogP contribution in [0.1, 0.15) is 43.4 Å². The van der Waals surface area contributed by atoms with Crippen molar-refractivity contribution >= 4 is 0 Å². The number of benzene rings is 3. The molecule has 2 aliphatic heterocycles. The van der Waals surface area contributed by atoms with Gasteiger partial charge in [-0.25, -0.2) is 0 Å². The molecule has 3 fully saturated rings. The van der Waals surface area contributed by atoms with Crippen LogP contribution in [0, 0.1) is 17.8 Å². The smallest absolute Gasteiger partial charge is 0.151 e. The van der Waals surface area contributed by atoms with Crippen molar-refractivity contribution in [2.75, 3.05) is 20.2 Å². The average molecular weight is 549 g/mol. The molecule has 4 heteroatoms. The fourth-order valence-electron chi connectivity index (χ4n) is 8.51. The van der Waals surface area contributed by atoms with Crippen LogP contribution in [0.5, 0.6) is 5.75 Å². The molecular weight excluding hydrogens is 510 g/mol. The number of ether oxygens (including phenoxy) is 2. The van der Waals surface area contributed by atoms with Gasteiger partial charge in [0.25, 0.3) is 0 Å². The van der Waals surface area contributed by atoms with Gasteiger partial charge in [-0.2, -0.15) is 0 Å². The Morgan fingerprint density at radius 1 is 0.861 bits per heavy atom. The third-order valence-electron chi connectivity index (χ3n) is 9.92. The molecule has 190 valence electrons. The lowest BCUT2D eigenvalue weighted by molar-refractivity contribution is -0.968. The molecule has 3 aromatic carbocycles. The van der Waals surface area contributed by atoms with Gasteiger partial charge in [-0.15, -0.1) is 0 Å². The van der Waals surface area contributed by atoms with Gasteiger partial charge in [0, 0.05) is 17.4 Å². The van der Waals surface area contributed by atoms with Crippen LogP contribution in [0.3, 0.4) is 0 Å². The number of quaternary nitrogens is 1. The van der Waals surface area contributed by atoms with Gasteiger partial charge in [0.1, 0.15) is 24.4 Å². The molecule has 0 unspecified atom stereocenters. The van der Waals surface area contributed by atoms with Crippen LogP contribution in [0.15, 0.2) is 84.9 Å². The molecule has 3 aliphatic rings. The second kappa shape index (κ2) is 9.63. The summed E-state index contributed by atoms with van der Waals surface area (Å²) in [7, 11) is 1.72. The van der Waals surface area contributed by atoms with Crippen molar-refractivity contribution in [3.8, 4) is 5.75 Å². The lowest BCUT2D eigenvalue weighted by Gasteiger charge is -2.43. The first-order chi connectivity index (χ1) is 17.0. The first-order valence-electron chi connectivity index (χ1n) is 13.2. The molecule has 0 aromatic heterocycles. The van der Waals surface area contributed by atoms with E-state index in [1.54, 1.807) is 7.11 Å². The Morgan fingerprint density at radius 3 is 2.19 bits per heavy atom. The van der Waals surface area contributed by atoms with E-state index in [1.807, 2.05) is 12.1 Å². The average Bonchev–Trinajstić information content (AvgIpc) is 3.44. The van der Waals surface area contributed by atoms with Crippen LogP contribution >= 0.6 is 0 Å². The number of hydrogen-bond acceptors (Lipinski definition) is 2. The summed E-state index contributed by atoms with van der Waals surface area (Å²) in [5, 5.41) is 0. The molecule has 2 heterocycles. The second-order valence-corrected chi connectivity index (χ2v) is 11.5. The number of nitrogens with zero attached hydrogens (tertiary/aromatic N) is 1. The number of halogens is 1. The van der Waals surface area contributed by atoms with Gasteiger partial charge in [-0.05, 0) is 43.0 Å². The van der Waals surface area contributed by atoms with Crippen LogP contribution < -0.4 is 21.7 Å². The Morgan fingerprint density at radius 2 is 1.53 bits per heavy atom. The SMILES string of the molecule is COc1ccc(CO[C@]2(c3ccccc3)C[N@+]3(Cc4ccccc4)C[C@@H](C)[C@@H]4CC[C@H]2[C@@]43C)cc1.[Br-]. The van der Waals surface area contributed by atoms with Crippen LogP contribution in [-0.4, -0.2) is 30.2 Å². The largest absolute Gasteiger partial charge is 1.00 e. The third-order valence-corrected chi connectivity index (χ3v) is 9.92. The molecule has 0 N–H and O–H groups in total. The highest BCUT2D eigenvalue weighted by Crippen LogP contribution is 2.68. The van der Waals surface area contributed by atoms with Crippen molar-refractivity contribution in [1.29, 1.82) is 0 Å². The van der Waals surface area contributed by atoms with E-state index in [0.717, 1.165) is 35.2 Å². The normalized spacial score (nSPS) is 34.2. The van der Waals surface area contributed by atoms with Crippen molar-refractivity contribution in [3.05, 3.63) is 102 Å². The number of hydrogen-bond donors (Lipinski definition) is 0. The zero-order valence-corrected chi connectivity index (χ0v) is 23.3. The molecule has 0 amide bonds. The zero-order chi connectivity index (χ0) is 24.1. The maximum absolute atomic E-state index is 7.21. The summed E-state index contributed by atoms with van der Waals surface area (Å²) in [6, 6.07) is 30.7. The quantitative estimate of drug-likeness (QED) is 0.421. The highest BCUT2D eigenvalue weighted by Gasteiger charge is 2.78. The van der Waals surface area contributed by atoms with Gasteiger partial charge in [0.05, 0.1) is 26.2 Å². The fourth-order valence-corrected chi connectivity index (χ4v) is 8.51. The standard InChI is InChI=1S/C32H38NO2.BrH/c1-24-20-33(21-25-10-6-4-7-11-25)23-32(27-12-8-5-9-13-27,30-19-18-29(24)31(30,33)2)35-22-26-14-16-28(34-3)17-15-26;/h4-17,24,29-30H,18-23H2,1-3H3;1H/q+1;/p-1/t24-,29+,30+,31-,32+,33-;/m1./s1. The van der Waals surface area contributed by atoms with Gasteiger partial charge in [0.15, 0.2) is 5.60 Å². The predicted molar refractivity (Wildman–Crippen MR) is 140 cm³/mol. The fraction of sp³-hybridized carbons (Fsp3) is 0.438. The van der Waals surface area contributed by atoms with E-state index in [0.29, 0.717) is 12.5 Å². The number of rotatable bonds is 7. The zero-order valence-electron chi connectivity index (χ0n) is 21.7. The number of methoxy groups -OCH3 is 1. The minimum atomic E-state index is -0.278. The second-order valence-electron chi connectivity index (χ2n) is 11.5. The Bertz CT molecular complexity index is 1170. The molecule has 6 atom stereocenters. The minimum absolute atomic E-state index is 0. The molecule has 0 spiro atoms. The van der Waals surface area contributed by atoms with Gasteiger partial charge >= 0.3 is 0 Å². The van der Waals surface area contributed by atoms with Gasteiger partial charge in [-0.3, -0.25) is 0 Å². The van der Waals surface area contributed by atoms with Crippen molar-refractivity contribution in [2.45, 2.75) is 51.0 Å². The molecule has 3 nitrogen and oxygen atoms in total. The van der Waals surface area contributed by atoms with Crippen molar-refractivity contribution in [2.24, 2.45) is 17.8 Å². The minimum Gasteiger partial charge on any atom is -1.00 e. The summed E-state index contributed by atoms with van der Waals surface area (Å²) in [6.45, 7) is 9.12. The lowest BCUT2D eigenvalue weighted by Crippen LogP contribution is -3.00. The Kier molecular flexibility index (Phi) is 6.82. The van der Waals surface area contributed by atoms with E-state index in [2.05, 4.69) is 86.6 Å². The van der Waals surface area contributed by atoms with Gasteiger partial charge in [0.2, 0.25) is 0 Å². The summed E-state index contributed by atoms with van der Waals surface area (Å²) in [6.07, 6.45) is 2.56. The molecule has 6 rings (SSSR count). The van der Waals surface area contributed by atoms with E-state index in [4.69, 9.17) is 9.47 Å². The summed E-state index contributed by atoms with van der Waals surface area (Å²) >= 11 is 0. The first kappa shape index (κ1) is 25.5. The van der Waals surface area contributed by atoms with Crippen molar-refractivity contribution in [3.63, 3.8) is 0 Å². The highest BCUT2D eigenvalue weighted by molar-refractivity contribution is 5.31. The first-order valence-corrected chi connectivity index (χ1v) is 13.2. The molecule has 1 aliphatic carbocycles. The van der Waals surface area contributed by atoms with E-state index in [-0.39, 0.29) is 28.1 Å². The Labute approximate surface area is 226 Å². The van der Waals surface area contributed by atoms with Crippen molar-refractivity contribution in [1.82, 2.24) is 0 Å². The molecular formula is C32H38BrNO2. The molecule has 0 bridgehead atoms. The van der Waals surface area contributed by atoms with Crippen LogP contribution in [0.25, 0.3) is 0 Å². The van der Waals surface area contributed by atoms with Crippen LogP contribution in [0.4, 0.5) is 0 Å². The van der Waals surface area contributed by atoms with E-state index in [9.17, 15) is 0 Å². The van der Waals surface area contributed by atoms with Gasteiger partial charge in [-0.1, -0.05) is 79.7 Å². The van der Waals surface area contributed by atoms with Gasteiger partial charge < -0.3 is 30.9 Å². The third kappa shape index (κ3) is 3.76. The topological polar surface area (TPSA) is 18.5 Å². The highest BCUT2D eigenvalue weighted by atomic mass is 79.9. The maximum Gasteiger partial charge on any atom is 0.151 e. The molecule has 1 saturated carbocycles. The maximum atomic E-state index is 7.21. The summed E-state index contributed by atoms with van der Waals surface area (Å²) in [5.74, 6) is 2.91. The Hall–Kier alpha value is -2.14. The van der Waals surface area contributed by atoms with E-state index in [1.165, 1.54) is 36.1 Å². The molecule has 36 heavy (non-hydrogen) atoms. The Balaban J connectivity index is 0.00000267. The van der Waals surface area contributed by atoms with Crippen LogP contribution in [0.2, 0.25) is 0 Å². The summed E-state index contributed by atoms with van der Waals surface area (Å²) in [4.78, 5) is 0. The monoisotopic (exact) mass is 547 g/mol. The summed E-state index contributed by atoms with van der Waals surface area (Å²) < 4.78 is 13.7. The predicted octanol–water partition coefficient (Wildman–Crippen LogP) is 3.58. The lowest BCUT2D eigenvalue weighted by atomic mass is 9.73. The molecule has 2 saturated heterocycles. The molecule has 0 radical (unpaired) electrons. The molecule has 3 aromatic rings. The van der Waals surface area contributed by atoms with E-state index < -0.39 is 0 Å². The van der Waals surface area contributed by atoms with Crippen LogP contribution in [-0.2, 0) is 23.5 Å². The summed E-state index contributed by atoms with van der Waals surface area (Å²) in [5.41, 5.74) is 3.96.